The number of piperidine rings is 1. The number of anilines is 1. The topological polar surface area (TPSA) is 82.6 Å². The van der Waals surface area contributed by atoms with Crippen LogP contribution in [0.15, 0.2) is 35.2 Å². The van der Waals surface area contributed by atoms with Gasteiger partial charge in [-0.25, -0.2) is 8.42 Å². The maximum atomic E-state index is 13.8. The van der Waals surface area contributed by atoms with Crippen LogP contribution in [-0.4, -0.2) is 101 Å². The number of sulfonamides is 1. The second kappa shape index (κ2) is 12.7. The van der Waals surface area contributed by atoms with Crippen LogP contribution >= 0.6 is 0 Å². The standard InChI is InChI=1S/C31H44N4O5S/c1-23-17-29(39-4)18-24(2)31(23)41(37,38)35-11-6-5-7-28(35)21-40-22-30(36)34-12-10-25-19-27(9-8-26(25)20-34)33-15-13-32(3)14-16-33/h8-9,17-19,28H,5-7,10-16,20-22H2,1-4H3. The zero-order chi connectivity index (χ0) is 29.1. The van der Waals surface area contributed by atoms with Crippen molar-refractivity contribution in [2.24, 2.45) is 0 Å². The molecular formula is C31H44N4O5S. The minimum atomic E-state index is -3.72. The van der Waals surface area contributed by atoms with Gasteiger partial charge in [-0.1, -0.05) is 12.5 Å². The molecule has 1 amide bonds. The second-order valence-corrected chi connectivity index (χ2v) is 13.5. The van der Waals surface area contributed by atoms with E-state index in [0.29, 0.717) is 47.8 Å². The molecule has 3 aliphatic heterocycles. The lowest BCUT2D eigenvalue weighted by Crippen LogP contribution is -2.47. The first-order chi connectivity index (χ1) is 19.7. The maximum Gasteiger partial charge on any atom is 0.248 e. The Balaban J connectivity index is 1.18. The number of likely N-dealkylation sites (N-methyl/N-ethyl adjacent to an activating group) is 1. The van der Waals surface area contributed by atoms with E-state index in [2.05, 4.69) is 35.0 Å². The van der Waals surface area contributed by atoms with Crippen molar-refractivity contribution in [1.29, 1.82) is 0 Å². The van der Waals surface area contributed by atoms with Crippen LogP contribution in [0.25, 0.3) is 0 Å². The van der Waals surface area contributed by atoms with E-state index in [1.54, 1.807) is 37.4 Å². The Morgan fingerprint density at radius 3 is 2.39 bits per heavy atom. The van der Waals surface area contributed by atoms with Crippen molar-refractivity contribution in [2.45, 2.75) is 57.0 Å². The highest BCUT2D eigenvalue weighted by molar-refractivity contribution is 7.89. The molecular weight excluding hydrogens is 540 g/mol. The zero-order valence-corrected chi connectivity index (χ0v) is 25.7. The van der Waals surface area contributed by atoms with Crippen molar-refractivity contribution in [3.63, 3.8) is 0 Å². The number of piperazine rings is 1. The fourth-order valence-electron chi connectivity index (χ4n) is 6.40. The average Bonchev–Trinajstić information content (AvgIpc) is 2.96. The lowest BCUT2D eigenvalue weighted by atomic mass is 9.98. The third kappa shape index (κ3) is 6.56. The van der Waals surface area contributed by atoms with Crippen LogP contribution in [0.1, 0.15) is 41.5 Å². The van der Waals surface area contributed by atoms with Gasteiger partial charge in [0.05, 0.1) is 18.6 Å². The Morgan fingerprint density at radius 1 is 0.951 bits per heavy atom. The highest BCUT2D eigenvalue weighted by Crippen LogP contribution is 2.32. The van der Waals surface area contributed by atoms with Crippen LogP contribution in [0.5, 0.6) is 5.75 Å². The molecule has 0 aromatic heterocycles. The Bertz CT molecular complexity index is 1330. The van der Waals surface area contributed by atoms with Crippen LogP contribution in [0, 0.1) is 13.8 Å². The number of nitrogens with zero attached hydrogens (tertiary/aromatic N) is 4. The van der Waals surface area contributed by atoms with Crippen LogP contribution in [0.3, 0.4) is 0 Å². The number of rotatable bonds is 8. The van der Waals surface area contributed by atoms with E-state index in [9.17, 15) is 13.2 Å². The summed E-state index contributed by atoms with van der Waals surface area (Å²) in [4.78, 5) is 20.1. The first-order valence-electron chi connectivity index (χ1n) is 14.7. The van der Waals surface area contributed by atoms with Gasteiger partial charge < -0.3 is 24.2 Å². The van der Waals surface area contributed by atoms with E-state index in [-0.39, 0.29) is 25.2 Å². The molecule has 2 fully saturated rings. The van der Waals surface area contributed by atoms with Gasteiger partial charge in [0.1, 0.15) is 12.4 Å². The van der Waals surface area contributed by atoms with Gasteiger partial charge in [0.2, 0.25) is 15.9 Å². The van der Waals surface area contributed by atoms with Crippen molar-refractivity contribution >= 4 is 21.6 Å². The number of aryl methyl sites for hydroxylation is 2. The van der Waals surface area contributed by atoms with Gasteiger partial charge in [0, 0.05) is 57.5 Å². The summed E-state index contributed by atoms with van der Waals surface area (Å²) in [7, 11) is 0.0224. The minimum Gasteiger partial charge on any atom is -0.497 e. The van der Waals surface area contributed by atoms with Crippen LogP contribution in [-0.2, 0) is 32.5 Å². The predicted molar refractivity (Wildman–Crippen MR) is 160 cm³/mol. The van der Waals surface area contributed by atoms with Gasteiger partial charge in [-0.05, 0) is 86.7 Å². The molecule has 2 saturated heterocycles. The van der Waals surface area contributed by atoms with Crippen molar-refractivity contribution in [2.75, 3.05) is 71.5 Å². The summed E-state index contributed by atoms with van der Waals surface area (Å²) in [5.74, 6) is 0.595. The second-order valence-electron chi connectivity index (χ2n) is 11.7. The van der Waals surface area contributed by atoms with E-state index >= 15 is 0 Å². The average molecular weight is 585 g/mol. The number of benzene rings is 2. The lowest BCUT2D eigenvalue weighted by Gasteiger charge is -2.36. The first-order valence-corrected chi connectivity index (χ1v) is 16.2. The summed E-state index contributed by atoms with van der Waals surface area (Å²) in [5, 5.41) is 0. The fraction of sp³-hybridized carbons (Fsp3) is 0.581. The fourth-order valence-corrected chi connectivity index (χ4v) is 8.49. The summed E-state index contributed by atoms with van der Waals surface area (Å²) in [6.07, 6.45) is 3.30. The Kier molecular flexibility index (Phi) is 9.23. The van der Waals surface area contributed by atoms with Gasteiger partial charge in [-0.2, -0.15) is 4.31 Å². The molecule has 10 heteroatoms. The van der Waals surface area contributed by atoms with E-state index in [1.165, 1.54) is 16.8 Å². The van der Waals surface area contributed by atoms with Gasteiger partial charge >= 0.3 is 0 Å². The molecule has 1 unspecified atom stereocenters. The van der Waals surface area contributed by atoms with Crippen LogP contribution < -0.4 is 9.64 Å². The van der Waals surface area contributed by atoms with Crippen molar-refractivity contribution in [3.05, 3.63) is 52.6 Å². The molecule has 224 valence electrons. The molecule has 5 rings (SSSR count). The van der Waals surface area contributed by atoms with E-state index in [0.717, 1.165) is 45.4 Å². The number of methoxy groups -OCH3 is 1. The number of amides is 1. The highest BCUT2D eigenvalue weighted by Gasteiger charge is 2.36. The Morgan fingerprint density at radius 2 is 1.68 bits per heavy atom. The number of carbonyl (C=O) groups excluding carboxylic acids is 1. The molecule has 3 aliphatic rings. The quantitative estimate of drug-likeness (QED) is 0.471. The molecule has 0 aliphatic carbocycles. The molecule has 2 aromatic carbocycles. The molecule has 0 saturated carbocycles. The molecule has 2 aromatic rings. The first kappa shape index (κ1) is 29.8. The van der Waals surface area contributed by atoms with Gasteiger partial charge in [-0.3, -0.25) is 4.79 Å². The zero-order valence-electron chi connectivity index (χ0n) is 24.9. The van der Waals surface area contributed by atoms with E-state index in [4.69, 9.17) is 9.47 Å². The van der Waals surface area contributed by atoms with Crippen LogP contribution in [0.4, 0.5) is 5.69 Å². The summed E-state index contributed by atoms with van der Waals surface area (Å²) in [5.41, 5.74) is 5.12. The number of ether oxygens (including phenoxy) is 2. The molecule has 1 atom stereocenters. The highest BCUT2D eigenvalue weighted by atomic mass is 32.2. The monoisotopic (exact) mass is 584 g/mol. The Labute approximate surface area is 245 Å². The molecule has 9 nitrogen and oxygen atoms in total. The normalized spacial score (nSPS) is 20.6. The van der Waals surface area contributed by atoms with E-state index < -0.39 is 10.0 Å². The van der Waals surface area contributed by atoms with Gasteiger partial charge in [-0.15, -0.1) is 0 Å². The van der Waals surface area contributed by atoms with E-state index in [1.807, 2.05) is 4.90 Å². The molecule has 0 radical (unpaired) electrons. The summed E-state index contributed by atoms with van der Waals surface area (Å²) < 4.78 is 40.4. The predicted octanol–water partition coefficient (Wildman–Crippen LogP) is 3.21. The SMILES string of the molecule is COc1cc(C)c(S(=O)(=O)N2CCCCC2COCC(=O)N2CCc3cc(N4CCN(C)CC4)ccc3C2)c(C)c1. The minimum absolute atomic E-state index is 0.0420. The van der Waals surface area contributed by atoms with Gasteiger partial charge in [0.15, 0.2) is 0 Å². The molecule has 3 heterocycles. The smallest absolute Gasteiger partial charge is 0.248 e. The van der Waals surface area contributed by atoms with Gasteiger partial charge in [0.25, 0.3) is 0 Å². The number of carbonyl (C=O) groups is 1. The molecule has 41 heavy (non-hydrogen) atoms. The molecule has 0 bridgehead atoms. The maximum absolute atomic E-state index is 13.8. The van der Waals surface area contributed by atoms with Crippen molar-refractivity contribution < 1.29 is 22.7 Å². The third-order valence-electron chi connectivity index (χ3n) is 8.77. The number of hydrogen-bond acceptors (Lipinski definition) is 7. The number of fused-ring (bicyclic) bond motifs is 1. The molecule has 0 spiro atoms. The summed E-state index contributed by atoms with van der Waals surface area (Å²) >= 11 is 0. The van der Waals surface area contributed by atoms with Crippen LogP contribution in [0.2, 0.25) is 0 Å². The summed E-state index contributed by atoms with van der Waals surface area (Å²) in [6, 6.07) is 9.87. The summed E-state index contributed by atoms with van der Waals surface area (Å²) in [6.45, 7) is 9.71. The largest absolute Gasteiger partial charge is 0.497 e. The Hall–Kier alpha value is -2.66. The third-order valence-corrected chi connectivity index (χ3v) is 11.0. The lowest BCUT2D eigenvalue weighted by molar-refractivity contribution is -0.137. The molecule has 0 N–H and O–H groups in total. The van der Waals surface area contributed by atoms with Crippen molar-refractivity contribution in [3.8, 4) is 5.75 Å². The van der Waals surface area contributed by atoms with Crippen molar-refractivity contribution in [1.82, 2.24) is 14.1 Å². The number of hydrogen-bond donors (Lipinski definition) is 0.